The molecule has 129 valence electrons. The van der Waals surface area contributed by atoms with E-state index in [1.54, 1.807) is 23.0 Å². The molecule has 0 N–H and O–H groups in total. The second kappa shape index (κ2) is 6.84. The van der Waals surface area contributed by atoms with Crippen LogP contribution in [-0.4, -0.2) is 20.0 Å². The summed E-state index contributed by atoms with van der Waals surface area (Å²) in [4.78, 5) is 0. The number of rotatable bonds is 4. The molecule has 2 heterocycles. The molecule has 0 saturated heterocycles. The maximum atomic E-state index is 13.5. The molecule has 0 fully saturated rings. The summed E-state index contributed by atoms with van der Waals surface area (Å²) in [6.45, 7) is 2.04. The number of hydrogen-bond acceptors (Lipinski definition) is 3. The molecule has 4 rings (SSSR count). The minimum Gasteiger partial charge on any atom is -0.230 e. The molecular weight excluding hydrogens is 351 g/mol. The summed E-state index contributed by atoms with van der Waals surface area (Å²) >= 11 is 6.41. The highest BCUT2D eigenvalue weighted by molar-refractivity contribution is 6.32. The van der Waals surface area contributed by atoms with Crippen molar-refractivity contribution in [2.24, 2.45) is 0 Å². The maximum absolute atomic E-state index is 13.5. The van der Waals surface area contributed by atoms with Gasteiger partial charge in [-0.3, -0.25) is 0 Å². The van der Waals surface area contributed by atoms with Gasteiger partial charge in [0.1, 0.15) is 11.3 Å². The summed E-state index contributed by atoms with van der Waals surface area (Å²) in [6, 6.07) is 13.8. The molecule has 1 radical (unpaired) electrons. The summed E-state index contributed by atoms with van der Waals surface area (Å²) in [5.74, 6) is -0.290. The average molecular weight is 366 g/mol. The molecule has 0 aliphatic carbocycles. The Labute approximate surface area is 155 Å². The zero-order valence-corrected chi connectivity index (χ0v) is 14.8. The van der Waals surface area contributed by atoms with E-state index < -0.39 is 0 Å². The number of hydrogen-bond donors (Lipinski definition) is 0. The van der Waals surface area contributed by atoms with Crippen molar-refractivity contribution in [2.75, 3.05) is 0 Å². The fraction of sp³-hybridized carbons (Fsp3) is 0.100. The summed E-state index contributed by atoms with van der Waals surface area (Å²) in [5, 5.41) is 14.5. The minimum absolute atomic E-state index is 0.290. The topological polar surface area (TPSA) is 43.6 Å². The van der Waals surface area contributed by atoms with E-state index in [4.69, 9.17) is 16.7 Å². The highest BCUT2D eigenvalue weighted by Gasteiger charge is 2.20. The highest BCUT2D eigenvalue weighted by Crippen LogP contribution is 2.34. The molecule has 4 nitrogen and oxygen atoms in total. The zero-order valence-electron chi connectivity index (χ0n) is 14.0. The Morgan fingerprint density at radius 2 is 1.88 bits per heavy atom. The lowest BCUT2D eigenvalue weighted by Crippen LogP contribution is -2.00. The Morgan fingerprint density at radius 1 is 1.12 bits per heavy atom. The van der Waals surface area contributed by atoms with Crippen molar-refractivity contribution in [1.29, 1.82) is 0 Å². The van der Waals surface area contributed by atoms with Gasteiger partial charge in [-0.25, -0.2) is 9.07 Å². The van der Waals surface area contributed by atoms with Gasteiger partial charge in [-0.15, -0.1) is 0 Å². The lowest BCUT2D eigenvalue weighted by Gasteiger charge is -2.10. The van der Waals surface area contributed by atoms with E-state index in [9.17, 15) is 4.39 Å². The summed E-state index contributed by atoms with van der Waals surface area (Å²) in [7, 11) is 0. The minimum atomic E-state index is -0.290. The quantitative estimate of drug-likeness (QED) is 0.497. The maximum Gasteiger partial charge on any atom is 0.123 e. The Morgan fingerprint density at radius 3 is 2.62 bits per heavy atom. The van der Waals surface area contributed by atoms with Gasteiger partial charge < -0.3 is 0 Å². The first kappa shape index (κ1) is 16.7. The Bertz CT molecular complexity index is 1070. The first-order valence-electron chi connectivity index (χ1n) is 8.27. The Kier molecular flexibility index (Phi) is 4.39. The van der Waals surface area contributed by atoms with Gasteiger partial charge in [0.05, 0.1) is 33.7 Å². The van der Waals surface area contributed by atoms with E-state index in [0.29, 0.717) is 10.5 Å². The van der Waals surface area contributed by atoms with Crippen molar-refractivity contribution in [3.8, 4) is 16.9 Å². The van der Waals surface area contributed by atoms with Crippen molar-refractivity contribution in [3.63, 3.8) is 0 Å². The standard InChI is InChI=1S/C20H15ClFN4/c1-2-5-16-19-17(12-23-24-16)25-26(18-7-4-3-6-15(18)21)20(19)13-8-10-14(22)11-9-13/h3-12H,2H2,1H3. The van der Waals surface area contributed by atoms with Crippen LogP contribution in [0, 0.1) is 12.2 Å². The van der Waals surface area contributed by atoms with E-state index in [-0.39, 0.29) is 5.82 Å². The lowest BCUT2D eigenvalue weighted by molar-refractivity contribution is 0.628. The number of nitrogens with zero attached hydrogens (tertiary/aromatic N) is 4. The molecular formula is C20H15ClFN4. The van der Waals surface area contributed by atoms with E-state index in [1.807, 2.05) is 37.6 Å². The average Bonchev–Trinajstić information content (AvgIpc) is 3.03. The zero-order chi connectivity index (χ0) is 18.1. The molecule has 2 aromatic heterocycles. The number of para-hydroxylation sites is 1. The van der Waals surface area contributed by atoms with E-state index in [0.717, 1.165) is 34.4 Å². The molecule has 2 aromatic carbocycles. The van der Waals surface area contributed by atoms with Crippen LogP contribution in [0.25, 0.3) is 27.8 Å². The molecule has 0 bridgehead atoms. The first-order valence-corrected chi connectivity index (χ1v) is 8.65. The molecule has 26 heavy (non-hydrogen) atoms. The van der Waals surface area contributed by atoms with Gasteiger partial charge in [-0.1, -0.05) is 30.7 Å². The Balaban J connectivity index is 2.08. The predicted molar refractivity (Wildman–Crippen MR) is 101 cm³/mol. The van der Waals surface area contributed by atoms with Crippen molar-refractivity contribution in [1.82, 2.24) is 20.0 Å². The highest BCUT2D eigenvalue weighted by atomic mass is 35.5. The van der Waals surface area contributed by atoms with Gasteiger partial charge in [0.25, 0.3) is 0 Å². The van der Waals surface area contributed by atoms with Crippen LogP contribution in [0.3, 0.4) is 0 Å². The van der Waals surface area contributed by atoms with Gasteiger partial charge in [0, 0.05) is 12.0 Å². The molecule has 0 atom stereocenters. The predicted octanol–water partition coefficient (Wildman–Crippen LogP) is 5.24. The molecule has 0 unspecified atom stereocenters. The van der Waals surface area contributed by atoms with Crippen LogP contribution in [-0.2, 0) is 0 Å². The van der Waals surface area contributed by atoms with E-state index >= 15 is 0 Å². The van der Waals surface area contributed by atoms with Crippen molar-refractivity contribution in [2.45, 2.75) is 13.3 Å². The summed E-state index contributed by atoms with van der Waals surface area (Å²) < 4.78 is 15.2. The molecule has 4 aromatic rings. The first-order chi connectivity index (χ1) is 12.7. The van der Waals surface area contributed by atoms with Crippen molar-refractivity contribution < 1.29 is 4.39 Å². The second-order valence-corrected chi connectivity index (χ2v) is 6.23. The van der Waals surface area contributed by atoms with Gasteiger partial charge in [0.15, 0.2) is 0 Å². The molecule has 0 spiro atoms. The molecule has 0 saturated carbocycles. The van der Waals surface area contributed by atoms with Crippen LogP contribution in [0.4, 0.5) is 4.39 Å². The third-order valence-corrected chi connectivity index (χ3v) is 4.43. The smallest absolute Gasteiger partial charge is 0.123 e. The second-order valence-electron chi connectivity index (χ2n) is 5.82. The van der Waals surface area contributed by atoms with Crippen LogP contribution in [0.15, 0.2) is 54.7 Å². The monoisotopic (exact) mass is 365 g/mol. The normalized spacial score (nSPS) is 11.2. The Hall–Kier alpha value is -2.79. The van der Waals surface area contributed by atoms with Gasteiger partial charge in [-0.2, -0.15) is 15.3 Å². The van der Waals surface area contributed by atoms with Crippen LogP contribution < -0.4 is 0 Å². The number of aromatic nitrogens is 4. The summed E-state index contributed by atoms with van der Waals surface area (Å²) in [5.41, 5.74) is 3.84. The SMILES string of the molecule is CC[CH]c1nncc2nn(-c3ccccc3Cl)c(-c3ccc(F)cc3)c12. The third kappa shape index (κ3) is 2.84. The van der Waals surface area contributed by atoms with Crippen LogP contribution in [0.1, 0.15) is 19.0 Å². The van der Waals surface area contributed by atoms with Crippen LogP contribution >= 0.6 is 11.6 Å². The van der Waals surface area contributed by atoms with Crippen LogP contribution in [0.2, 0.25) is 5.02 Å². The molecule has 6 heteroatoms. The van der Waals surface area contributed by atoms with Crippen LogP contribution in [0.5, 0.6) is 0 Å². The molecule has 0 amide bonds. The van der Waals surface area contributed by atoms with Gasteiger partial charge >= 0.3 is 0 Å². The van der Waals surface area contributed by atoms with Crippen molar-refractivity contribution >= 4 is 22.5 Å². The fourth-order valence-electron chi connectivity index (χ4n) is 2.98. The molecule has 0 aliphatic rings. The lowest BCUT2D eigenvalue weighted by atomic mass is 10.0. The fourth-order valence-corrected chi connectivity index (χ4v) is 3.20. The number of fused-ring (bicyclic) bond motifs is 1. The van der Waals surface area contributed by atoms with Crippen molar-refractivity contribution in [3.05, 3.63) is 77.7 Å². The van der Waals surface area contributed by atoms with E-state index in [1.165, 1.54) is 12.1 Å². The van der Waals surface area contributed by atoms with Gasteiger partial charge in [0.2, 0.25) is 0 Å². The van der Waals surface area contributed by atoms with E-state index in [2.05, 4.69) is 10.2 Å². The number of halogens is 2. The molecule has 0 aliphatic heterocycles. The largest absolute Gasteiger partial charge is 0.230 e. The van der Waals surface area contributed by atoms with Gasteiger partial charge in [-0.05, 0) is 42.8 Å². The third-order valence-electron chi connectivity index (χ3n) is 4.11. The number of benzene rings is 2. The summed E-state index contributed by atoms with van der Waals surface area (Å²) in [6.07, 6.45) is 4.44.